The van der Waals surface area contributed by atoms with E-state index in [0.717, 1.165) is 11.2 Å². The van der Waals surface area contributed by atoms with E-state index in [9.17, 15) is 9.59 Å². The largest absolute Gasteiger partial charge is 0.465 e. The molecule has 3 rings (SSSR count). The Balaban J connectivity index is 1.73. The Labute approximate surface area is 139 Å². The van der Waals surface area contributed by atoms with Crippen molar-refractivity contribution in [1.82, 2.24) is 14.7 Å². The Hall–Kier alpha value is -3.15. The molecule has 6 nitrogen and oxygen atoms in total. The predicted molar refractivity (Wildman–Crippen MR) is 88.9 cm³/mol. The summed E-state index contributed by atoms with van der Waals surface area (Å²) in [6.07, 6.45) is 1.81. The number of nitrogens with one attached hydrogen (secondary N) is 1. The predicted octanol–water partition coefficient (Wildman–Crippen LogP) is 2.36. The summed E-state index contributed by atoms with van der Waals surface area (Å²) in [5.41, 5.74) is 3.31. The summed E-state index contributed by atoms with van der Waals surface area (Å²) in [7, 11) is 1.34. The van der Waals surface area contributed by atoms with Gasteiger partial charge in [-0.25, -0.2) is 9.78 Å². The molecular formula is C18H17N3O3. The minimum absolute atomic E-state index is 0.191. The lowest BCUT2D eigenvalue weighted by molar-refractivity contribution is 0.0600. The molecule has 2 heterocycles. The van der Waals surface area contributed by atoms with Crippen molar-refractivity contribution in [3.63, 3.8) is 0 Å². The number of amides is 1. The van der Waals surface area contributed by atoms with Crippen LogP contribution in [-0.4, -0.2) is 28.4 Å². The van der Waals surface area contributed by atoms with Crippen LogP contribution in [0.4, 0.5) is 0 Å². The highest BCUT2D eigenvalue weighted by atomic mass is 16.5. The topological polar surface area (TPSA) is 72.7 Å². The van der Waals surface area contributed by atoms with Crippen LogP contribution in [0.5, 0.6) is 0 Å². The van der Waals surface area contributed by atoms with E-state index in [1.165, 1.54) is 7.11 Å². The third-order valence-corrected chi connectivity index (χ3v) is 3.75. The van der Waals surface area contributed by atoms with Crippen molar-refractivity contribution >= 4 is 17.5 Å². The molecule has 0 spiro atoms. The fraction of sp³-hybridized carbons (Fsp3) is 0.167. The van der Waals surface area contributed by atoms with E-state index in [4.69, 9.17) is 0 Å². The highest BCUT2D eigenvalue weighted by Gasteiger charge is 2.15. The lowest BCUT2D eigenvalue weighted by atomic mass is 10.1. The first kappa shape index (κ1) is 15.7. The lowest BCUT2D eigenvalue weighted by Crippen LogP contribution is -2.25. The van der Waals surface area contributed by atoms with Gasteiger partial charge in [-0.15, -0.1) is 0 Å². The number of carbonyl (C=O) groups excluding carboxylic acids is 2. The fourth-order valence-corrected chi connectivity index (χ4v) is 2.53. The molecule has 0 radical (unpaired) electrons. The first-order valence-electron chi connectivity index (χ1n) is 7.49. The van der Waals surface area contributed by atoms with Gasteiger partial charge in [-0.1, -0.05) is 18.2 Å². The number of hydrogen-bond acceptors (Lipinski definition) is 4. The Morgan fingerprint density at radius 1 is 1.17 bits per heavy atom. The number of aryl methyl sites for hydroxylation is 1. The van der Waals surface area contributed by atoms with Crippen molar-refractivity contribution in [2.24, 2.45) is 0 Å². The normalized spacial score (nSPS) is 10.6. The number of fused-ring (bicyclic) bond motifs is 1. The molecule has 0 saturated heterocycles. The Morgan fingerprint density at radius 3 is 2.62 bits per heavy atom. The van der Waals surface area contributed by atoms with Crippen molar-refractivity contribution in [3.8, 4) is 0 Å². The molecule has 0 aliphatic rings. The molecule has 1 aromatic carbocycles. The molecule has 0 aliphatic heterocycles. The van der Waals surface area contributed by atoms with Crippen LogP contribution in [-0.2, 0) is 11.3 Å². The van der Waals surface area contributed by atoms with E-state index >= 15 is 0 Å². The summed E-state index contributed by atoms with van der Waals surface area (Å²) in [5, 5.41) is 2.88. The van der Waals surface area contributed by atoms with E-state index in [-0.39, 0.29) is 11.9 Å². The van der Waals surface area contributed by atoms with Crippen LogP contribution in [0.2, 0.25) is 0 Å². The minimum Gasteiger partial charge on any atom is -0.465 e. The zero-order valence-electron chi connectivity index (χ0n) is 13.4. The fourth-order valence-electron chi connectivity index (χ4n) is 2.53. The van der Waals surface area contributed by atoms with Gasteiger partial charge in [-0.2, -0.15) is 0 Å². The number of hydrogen-bond donors (Lipinski definition) is 1. The number of benzene rings is 1. The number of pyridine rings is 1. The molecule has 0 aliphatic carbocycles. The number of imidazole rings is 1. The Kier molecular flexibility index (Phi) is 4.29. The molecule has 0 saturated carbocycles. The number of methoxy groups -OCH3 is 1. The molecule has 2 aromatic heterocycles. The van der Waals surface area contributed by atoms with Gasteiger partial charge >= 0.3 is 5.97 Å². The molecule has 24 heavy (non-hydrogen) atoms. The summed E-state index contributed by atoms with van der Waals surface area (Å²) < 4.78 is 6.43. The van der Waals surface area contributed by atoms with Crippen molar-refractivity contribution in [2.75, 3.05) is 7.11 Å². The maximum atomic E-state index is 12.5. The molecule has 6 heteroatoms. The van der Waals surface area contributed by atoms with E-state index < -0.39 is 0 Å². The molecule has 1 amide bonds. The first-order valence-corrected chi connectivity index (χ1v) is 7.49. The number of esters is 1. The van der Waals surface area contributed by atoms with Gasteiger partial charge in [0.05, 0.1) is 18.4 Å². The van der Waals surface area contributed by atoms with Gasteiger partial charge in [0.1, 0.15) is 11.3 Å². The third-order valence-electron chi connectivity index (χ3n) is 3.75. The first-order chi connectivity index (χ1) is 11.6. The summed E-state index contributed by atoms with van der Waals surface area (Å²) in [6, 6.07) is 12.5. The van der Waals surface area contributed by atoms with Crippen LogP contribution < -0.4 is 5.32 Å². The SMILES string of the molecule is COC(=O)c1ccc(CNC(=O)c2c(C)nc3ccccn23)cc1. The van der Waals surface area contributed by atoms with Gasteiger partial charge in [-0.3, -0.25) is 9.20 Å². The van der Waals surface area contributed by atoms with Gasteiger partial charge in [-0.05, 0) is 36.8 Å². The van der Waals surface area contributed by atoms with Crippen molar-refractivity contribution in [1.29, 1.82) is 0 Å². The number of nitrogens with zero attached hydrogens (tertiary/aromatic N) is 2. The van der Waals surface area contributed by atoms with E-state index in [1.54, 1.807) is 28.7 Å². The average molecular weight is 323 g/mol. The molecule has 0 bridgehead atoms. The van der Waals surface area contributed by atoms with Gasteiger partial charge in [0.15, 0.2) is 0 Å². The second-order valence-electron chi connectivity index (χ2n) is 5.35. The second-order valence-corrected chi connectivity index (χ2v) is 5.35. The lowest BCUT2D eigenvalue weighted by Gasteiger charge is -2.07. The standard InChI is InChI=1S/C18H17N3O3/c1-12-16(21-10-4-3-5-15(21)20-12)17(22)19-11-13-6-8-14(9-7-13)18(23)24-2/h3-10H,11H2,1-2H3,(H,19,22). The number of rotatable bonds is 4. The smallest absolute Gasteiger partial charge is 0.337 e. The van der Waals surface area contributed by atoms with Crippen LogP contribution in [0.25, 0.3) is 5.65 Å². The van der Waals surface area contributed by atoms with Crippen LogP contribution in [0.3, 0.4) is 0 Å². The number of ether oxygens (including phenoxy) is 1. The van der Waals surface area contributed by atoms with Crippen molar-refractivity contribution < 1.29 is 14.3 Å². The van der Waals surface area contributed by atoms with Gasteiger partial charge in [0, 0.05) is 12.7 Å². The van der Waals surface area contributed by atoms with E-state index in [1.807, 2.05) is 31.3 Å². The summed E-state index contributed by atoms with van der Waals surface area (Å²) in [4.78, 5) is 28.3. The molecule has 0 unspecified atom stereocenters. The van der Waals surface area contributed by atoms with Crippen molar-refractivity contribution in [2.45, 2.75) is 13.5 Å². The van der Waals surface area contributed by atoms with Crippen LogP contribution >= 0.6 is 0 Å². The molecule has 0 atom stereocenters. The number of aromatic nitrogens is 2. The third kappa shape index (κ3) is 2.99. The highest BCUT2D eigenvalue weighted by Crippen LogP contribution is 2.12. The van der Waals surface area contributed by atoms with Crippen LogP contribution in [0.1, 0.15) is 32.1 Å². The second kappa shape index (κ2) is 6.54. The molecular weight excluding hydrogens is 306 g/mol. The van der Waals surface area contributed by atoms with Gasteiger partial charge < -0.3 is 10.1 Å². The maximum Gasteiger partial charge on any atom is 0.337 e. The van der Waals surface area contributed by atoms with Gasteiger partial charge in [0.2, 0.25) is 0 Å². The van der Waals surface area contributed by atoms with Crippen molar-refractivity contribution in [3.05, 3.63) is 71.2 Å². The van der Waals surface area contributed by atoms with Crippen LogP contribution in [0.15, 0.2) is 48.7 Å². The average Bonchev–Trinajstić information content (AvgIpc) is 2.95. The van der Waals surface area contributed by atoms with Crippen LogP contribution in [0, 0.1) is 6.92 Å². The van der Waals surface area contributed by atoms with E-state index in [0.29, 0.717) is 23.5 Å². The van der Waals surface area contributed by atoms with Gasteiger partial charge in [0.25, 0.3) is 5.91 Å². The number of carbonyl (C=O) groups is 2. The van der Waals surface area contributed by atoms with E-state index in [2.05, 4.69) is 15.0 Å². The molecule has 122 valence electrons. The quantitative estimate of drug-likeness (QED) is 0.748. The Bertz CT molecular complexity index is 898. The summed E-state index contributed by atoms with van der Waals surface area (Å²) >= 11 is 0. The maximum absolute atomic E-state index is 12.5. The zero-order chi connectivity index (χ0) is 17.1. The molecule has 3 aromatic rings. The minimum atomic E-state index is -0.382. The summed E-state index contributed by atoms with van der Waals surface area (Å²) in [6.45, 7) is 2.17. The molecule has 0 fully saturated rings. The highest BCUT2D eigenvalue weighted by molar-refractivity contribution is 5.94. The monoisotopic (exact) mass is 323 g/mol. The molecule has 1 N–H and O–H groups in total. The Morgan fingerprint density at radius 2 is 1.92 bits per heavy atom. The zero-order valence-corrected chi connectivity index (χ0v) is 13.4. The summed E-state index contributed by atoms with van der Waals surface area (Å²) in [5.74, 6) is -0.574.